The first-order chi connectivity index (χ1) is 4.81. The molecule has 0 spiro atoms. The second-order valence-electron chi connectivity index (χ2n) is 2.28. The molecule has 0 heteroatoms. The molecule has 0 aromatic rings. The molecule has 0 bridgehead atoms. The van der Waals surface area contributed by atoms with E-state index in [1.54, 1.807) is 0 Å². The van der Waals surface area contributed by atoms with Crippen LogP contribution in [0.1, 0.15) is 26.7 Å². The Kier molecular flexibility index (Phi) is 5.85. The molecular formula is C10H16. The largest absolute Gasteiger partial charge is 0.103 e. The average molecular weight is 136 g/mol. The summed E-state index contributed by atoms with van der Waals surface area (Å²) in [6.07, 6.45) is 10.5. The van der Waals surface area contributed by atoms with Crippen LogP contribution in [0.4, 0.5) is 0 Å². The zero-order chi connectivity index (χ0) is 7.82. The number of hydrogen-bond acceptors (Lipinski definition) is 0. The first kappa shape index (κ1) is 9.22. The Hall–Kier alpha value is -0.780. The van der Waals surface area contributed by atoms with Crippen molar-refractivity contribution >= 4 is 0 Å². The topological polar surface area (TPSA) is 0 Å². The third-order valence-corrected chi connectivity index (χ3v) is 1.22. The van der Waals surface area contributed by atoms with E-state index < -0.39 is 0 Å². The fourth-order valence-electron chi connectivity index (χ4n) is 0.641. The lowest BCUT2D eigenvalue weighted by molar-refractivity contribution is 1.21. The first-order valence-electron chi connectivity index (χ1n) is 3.75. The third-order valence-electron chi connectivity index (χ3n) is 1.22. The van der Waals surface area contributed by atoms with Gasteiger partial charge in [-0.05, 0) is 19.8 Å². The van der Waals surface area contributed by atoms with Crippen LogP contribution in [0.25, 0.3) is 0 Å². The van der Waals surface area contributed by atoms with Crippen LogP contribution < -0.4 is 0 Å². The summed E-state index contributed by atoms with van der Waals surface area (Å²) in [6.45, 7) is 7.89. The van der Waals surface area contributed by atoms with Crippen molar-refractivity contribution in [1.82, 2.24) is 0 Å². The summed E-state index contributed by atoms with van der Waals surface area (Å²) in [5.74, 6) is 0. The quantitative estimate of drug-likeness (QED) is 0.410. The lowest BCUT2D eigenvalue weighted by Crippen LogP contribution is -1.67. The van der Waals surface area contributed by atoms with Gasteiger partial charge in [0.1, 0.15) is 0 Å². The molecule has 0 saturated carbocycles. The summed E-state index contributed by atoms with van der Waals surface area (Å²) in [5, 5.41) is 0. The highest BCUT2D eigenvalue weighted by atomic mass is 13.8. The standard InChI is InChI=1S/C10H16/c1-4-6-8-10(3)9-7-5-2/h4,7-9H,1,5-6H2,2-3H3/b9-7-,10-8?. The smallest absolute Gasteiger partial charge is 0.0166 e. The number of rotatable bonds is 4. The molecule has 0 heterocycles. The van der Waals surface area contributed by atoms with Gasteiger partial charge in [-0.2, -0.15) is 0 Å². The summed E-state index contributed by atoms with van der Waals surface area (Å²) in [6, 6.07) is 0. The minimum atomic E-state index is 0.972. The molecule has 0 nitrogen and oxygen atoms in total. The molecule has 0 aliphatic rings. The summed E-state index contributed by atoms with van der Waals surface area (Å²) in [4.78, 5) is 0. The van der Waals surface area contributed by atoms with Crippen LogP contribution >= 0.6 is 0 Å². The minimum Gasteiger partial charge on any atom is -0.103 e. The van der Waals surface area contributed by atoms with Gasteiger partial charge in [0.25, 0.3) is 0 Å². The molecule has 0 atom stereocenters. The monoisotopic (exact) mass is 136 g/mol. The van der Waals surface area contributed by atoms with Crippen molar-refractivity contribution in [3.63, 3.8) is 0 Å². The summed E-state index contributed by atoms with van der Waals surface area (Å²) in [5.41, 5.74) is 1.32. The van der Waals surface area contributed by atoms with Crippen molar-refractivity contribution in [3.8, 4) is 0 Å². The summed E-state index contributed by atoms with van der Waals surface area (Å²) >= 11 is 0. The van der Waals surface area contributed by atoms with Crippen LogP contribution in [0.5, 0.6) is 0 Å². The maximum atomic E-state index is 3.64. The first-order valence-corrected chi connectivity index (χ1v) is 3.75. The van der Waals surface area contributed by atoms with Crippen LogP contribution in [-0.4, -0.2) is 0 Å². The predicted octanol–water partition coefficient (Wildman–Crippen LogP) is 3.48. The zero-order valence-electron chi connectivity index (χ0n) is 6.93. The highest BCUT2D eigenvalue weighted by Crippen LogP contribution is 1.98. The Balaban J connectivity index is 3.69. The molecule has 0 aromatic heterocycles. The fraction of sp³-hybridized carbons (Fsp3) is 0.400. The average Bonchev–Trinajstić information content (AvgIpc) is 1.97. The van der Waals surface area contributed by atoms with Gasteiger partial charge < -0.3 is 0 Å². The molecule has 0 rings (SSSR count). The highest BCUT2D eigenvalue weighted by molar-refractivity contribution is 5.16. The molecule has 0 fully saturated rings. The normalized spacial score (nSPS) is 12.4. The predicted molar refractivity (Wildman–Crippen MR) is 48.0 cm³/mol. The lowest BCUT2D eigenvalue weighted by atomic mass is 10.2. The van der Waals surface area contributed by atoms with Crippen molar-refractivity contribution < 1.29 is 0 Å². The Morgan fingerprint density at radius 2 is 2.20 bits per heavy atom. The third kappa shape index (κ3) is 5.36. The zero-order valence-corrected chi connectivity index (χ0v) is 6.93. The molecule has 0 N–H and O–H groups in total. The van der Waals surface area contributed by atoms with E-state index in [2.05, 4.69) is 38.7 Å². The van der Waals surface area contributed by atoms with E-state index in [0.29, 0.717) is 0 Å². The maximum Gasteiger partial charge on any atom is -0.0166 e. The second-order valence-corrected chi connectivity index (χ2v) is 2.28. The van der Waals surface area contributed by atoms with Gasteiger partial charge in [-0.25, -0.2) is 0 Å². The number of hydrogen-bond donors (Lipinski definition) is 0. The lowest BCUT2D eigenvalue weighted by Gasteiger charge is -1.88. The van der Waals surface area contributed by atoms with Gasteiger partial charge >= 0.3 is 0 Å². The molecule has 0 aromatic carbocycles. The van der Waals surface area contributed by atoms with Crippen LogP contribution in [0.15, 0.2) is 36.5 Å². The van der Waals surface area contributed by atoms with Gasteiger partial charge in [-0.1, -0.05) is 36.8 Å². The van der Waals surface area contributed by atoms with Crippen molar-refractivity contribution in [2.75, 3.05) is 0 Å². The van der Waals surface area contributed by atoms with Gasteiger partial charge in [0.05, 0.1) is 0 Å². The van der Waals surface area contributed by atoms with E-state index in [1.165, 1.54) is 5.57 Å². The molecular weight excluding hydrogens is 120 g/mol. The fourth-order valence-corrected chi connectivity index (χ4v) is 0.641. The van der Waals surface area contributed by atoms with Crippen molar-refractivity contribution in [2.45, 2.75) is 26.7 Å². The molecule has 0 amide bonds. The van der Waals surface area contributed by atoms with E-state index in [-0.39, 0.29) is 0 Å². The SMILES string of the molecule is C=CCC=C(C)/C=C\CC. The minimum absolute atomic E-state index is 0.972. The second kappa shape index (κ2) is 6.34. The van der Waals surface area contributed by atoms with E-state index in [1.807, 2.05) is 6.08 Å². The van der Waals surface area contributed by atoms with Gasteiger partial charge in [0.15, 0.2) is 0 Å². The Morgan fingerprint density at radius 1 is 1.50 bits per heavy atom. The van der Waals surface area contributed by atoms with Gasteiger partial charge in [0.2, 0.25) is 0 Å². The van der Waals surface area contributed by atoms with Crippen molar-refractivity contribution in [1.29, 1.82) is 0 Å². The molecule has 0 unspecified atom stereocenters. The van der Waals surface area contributed by atoms with Gasteiger partial charge in [0, 0.05) is 0 Å². The molecule has 0 radical (unpaired) electrons. The van der Waals surface area contributed by atoms with Crippen molar-refractivity contribution in [2.24, 2.45) is 0 Å². The van der Waals surface area contributed by atoms with Crippen LogP contribution in [0.3, 0.4) is 0 Å². The van der Waals surface area contributed by atoms with Crippen LogP contribution in [-0.2, 0) is 0 Å². The molecule has 0 aliphatic carbocycles. The van der Waals surface area contributed by atoms with E-state index >= 15 is 0 Å². The van der Waals surface area contributed by atoms with Gasteiger partial charge in [-0.15, -0.1) is 6.58 Å². The highest BCUT2D eigenvalue weighted by Gasteiger charge is 1.77. The Bertz CT molecular complexity index is 138. The summed E-state index contributed by atoms with van der Waals surface area (Å²) < 4.78 is 0. The van der Waals surface area contributed by atoms with E-state index in [0.717, 1.165) is 12.8 Å². The van der Waals surface area contributed by atoms with Crippen LogP contribution in [0.2, 0.25) is 0 Å². The van der Waals surface area contributed by atoms with Gasteiger partial charge in [-0.3, -0.25) is 0 Å². The van der Waals surface area contributed by atoms with E-state index in [4.69, 9.17) is 0 Å². The molecule has 0 saturated heterocycles. The number of allylic oxidation sites excluding steroid dienone is 5. The Labute approximate surface area is 64.0 Å². The molecule has 10 heavy (non-hydrogen) atoms. The summed E-state index contributed by atoms with van der Waals surface area (Å²) in [7, 11) is 0. The van der Waals surface area contributed by atoms with Crippen LogP contribution in [0, 0.1) is 0 Å². The molecule has 56 valence electrons. The Morgan fingerprint density at radius 3 is 2.70 bits per heavy atom. The van der Waals surface area contributed by atoms with E-state index in [9.17, 15) is 0 Å². The maximum absolute atomic E-state index is 3.64. The van der Waals surface area contributed by atoms with Crippen molar-refractivity contribution in [3.05, 3.63) is 36.5 Å². The molecule has 0 aliphatic heterocycles.